The first-order chi connectivity index (χ1) is 12.1. The van der Waals surface area contributed by atoms with E-state index < -0.39 is 0 Å². The summed E-state index contributed by atoms with van der Waals surface area (Å²) in [5.74, 6) is 1.28. The predicted molar refractivity (Wildman–Crippen MR) is 96.2 cm³/mol. The minimum absolute atomic E-state index is 0.0673. The van der Waals surface area contributed by atoms with Crippen LogP contribution in [0.2, 0.25) is 0 Å². The Kier molecular flexibility index (Phi) is 7.10. The summed E-state index contributed by atoms with van der Waals surface area (Å²) in [4.78, 5) is 28.8. The Morgan fingerprint density at radius 1 is 1.04 bits per heavy atom. The molecule has 0 saturated carbocycles. The summed E-state index contributed by atoms with van der Waals surface area (Å²) in [6.45, 7) is 4.58. The zero-order valence-corrected chi connectivity index (χ0v) is 15.4. The van der Waals surface area contributed by atoms with Crippen molar-refractivity contribution in [3.05, 3.63) is 23.8 Å². The van der Waals surface area contributed by atoms with E-state index in [1.54, 1.807) is 37.3 Å². The Bertz CT molecular complexity index is 603. The van der Waals surface area contributed by atoms with E-state index >= 15 is 0 Å². The fourth-order valence-corrected chi connectivity index (χ4v) is 3.00. The lowest BCUT2D eigenvalue weighted by Crippen LogP contribution is -2.37. The van der Waals surface area contributed by atoms with Gasteiger partial charge in [-0.15, -0.1) is 0 Å². The molecule has 1 aromatic rings. The molecular formula is C19H28N2O4. The number of ether oxygens (including phenoxy) is 2. The molecule has 0 unspecified atom stereocenters. The number of nitrogens with zero attached hydrogens (tertiary/aromatic N) is 2. The molecule has 1 aromatic carbocycles. The van der Waals surface area contributed by atoms with Crippen LogP contribution in [0.15, 0.2) is 18.2 Å². The maximum Gasteiger partial charge on any atom is 0.257 e. The summed E-state index contributed by atoms with van der Waals surface area (Å²) in [5.41, 5.74) is 0.522. The Balaban J connectivity index is 2.04. The number of carbonyl (C=O) groups excluding carboxylic acids is 2. The maximum absolute atomic E-state index is 12.9. The van der Waals surface area contributed by atoms with Gasteiger partial charge in [0.25, 0.3) is 5.91 Å². The largest absolute Gasteiger partial charge is 0.497 e. The van der Waals surface area contributed by atoms with Crippen molar-refractivity contribution in [2.45, 2.75) is 32.6 Å². The van der Waals surface area contributed by atoms with Crippen LogP contribution in [0.3, 0.4) is 0 Å². The minimum atomic E-state index is -0.0673. The third kappa shape index (κ3) is 4.87. The number of unbranched alkanes of at least 4 members (excludes halogenated alkanes) is 1. The predicted octanol–water partition coefficient (Wildman–Crippen LogP) is 2.57. The second kappa shape index (κ2) is 9.30. The number of carbonyl (C=O) groups is 2. The van der Waals surface area contributed by atoms with Crippen LogP contribution in [0.4, 0.5) is 0 Å². The van der Waals surface area contributed by atoms with Gasteiger partial charge in [-0.3, -0.25) is 9.59 Å². The first-order valence-corrected chi connectivity index (χ1v) is 8.89. The summed E-state index contributed by atoms with van der Waals surface area (Å²) in [6.07, 6.45) is 3.32. The summed E-state index contributed by atoms with van der Waals surface area (Å²) < 4.78 is 10.5. The molecule has 0 bridgehead atoms. The van der Waals surface area contributed by atoms with Crippen molar-refractivity contribution >= 4 is 11.8 Å². The van der Waals surface area contributed by atoms with Crippen LogP contribution in [0.1, 0.15) is 43.0 Å². The molecule has 25 heavy (non-hydrogen) atoms. The topological polar surface area (TPSA) is 59.1 Å². The van der Waals surface area contributed by atoms with Crippen LogP contribution in [-0.4, -0.2) is 62.0 Å². The molecule has 138 valence electrons. The lowest BCUT2D eigenvalue weighted by Gasteiger charge is -2.23. The molecule has 1 saturated heterocycles. The highest BCUT2D eigenvalue weighted by molar-refractivity contribution is 5.97. The lowest BCUT2D eigenvalue weighted by atomic mass is 10.1. The molecule has 1 aliphatic rings. The molecule has 0 aliphatic carbocycles. The Labute approximate surface area is 149 Å². The molecule has 6 nitrogen and oxygen atoms in total. The van der Waals surface area contributed by atoms with Gasteiger partial charge in [-0.25, -0.2) is 0 Å². The van der Waals surface area contributed by atoms with Crippen molar-refractivity contribution in [1.82, 2.24) is 9.80 Å². The van der Waals surface area contributed by atoms with Gasteiger partial charge in [0.15, 0.2) is 0 Å². The maximum atomic E-state index is 12.9. The number of rotatable bonds is 6. The fraction of sp³-hybridized carbons (Fsp3) is 0.579. The summed E-state index contributed by atoms with van der Waals surface area (Å²) >= 11 is 0. The number of hydrogen-bond acceptors (Lipinski definition) is 4. The van der Waals surface area contributed by atoms with Gasteiger partial charge >= 0.3 is 0 Å². The van der Waals surface area contributed by atoms with Crippen molar-refractivity contribution < 1.29 is 19.1 Å². The van der Waals surface area contributed by atoms with Gasteiger partial charge < -0.3 is 19.3 Å². The normalized spacial score (nSPS) is 14.8. The van der Waals surface area contributed by atoms with Crippen LogP contribution >= 0.6 is 0 Å². The molecule has 2 amide bonds. The van der Waals surface area contributed by atoms with E-state index in [0.29, 0.717) is 49.7 Å². The Morgan fingerprint density at radius 2 is 1.76 bits per heavy atom. The Hall–Kier alpha value is -2.24. The molecular weight excluding hydrogens is 320 g/mol. The van der Waals surface area contributed by atoms with E-state index in [9.17, 15) is 9.59 Å². The SMILES string of the molecule is CCCCC(=O)N1CCCN(C(=O)c2ccc(OC)cc2OC)CC1. The van der Waals surface area contributed by atoms with Crippen molar-refractivity contribution in [2.24, 2.45) is 0 Å². The second-order valence-corrected chi connectivity index (χ2v) is 6.20. The standard InChI is InChI=1S/C19H28N2O4/c1-4-5-7-18(22)20-10-6-11-21(13-12-20)19(23)16-9-8-15(24-2)14-17(16)25-3/h8-9,14H,4-7,10-13H2,1-3H3. The first kappa shape index (κ1) is 19.1. The van der Waals surface area contributed by atoms with Gasteiger partial charge in [-0.1, -0.05) is 13.3 Å². The molecule has 6 heteroatoms. The third-order valence-corrected chi connectivity index (χ3v) is 4.52. The molecule has 2 rings (SSSR count). The van der Waals surface area contributed by atoms with E-state index in [4.69, 9.17) is 9.47 Å². The molecule has 1 heterocycles. The monoisotopic (exact) mass is 348 g/mol. The van der Waals surface area contributed by atoms with Gasteiger partial charge in [-0.2, -0.15) is 0 Å². The van der Waals surface area contributed by atoms with Gasteiger partial charge in [-0.05, 0) is 25.0 Å². The molecule has 0 aromatic heterocycles. The average molecular weight is 348 g/mol. The van der Waals surface area contributed by atoms with Crippen LogP contribution in [-0.2, 0) is 4.79 Å². The van der Waals surface area contributed by atoms with E-state index in [0.717, 1.165) is 19.3 Å². The molecule has 0 radical (unpaired) electrons. The Morgan fingerprint density at radius 3 is 2.44 bits per heavy atom. The van der Waals surface area contributed by atoms with E-state index in [1.165, 1.54) is 0 Å². The lowest BCUT2D eigenvalue weighted by molar-refractivity contribution is -0.131. The summed E-state index contributed by atoms with van der Waals surface area (Å²) in [6, 6.07) is 5.20. The van der Waals surface area contributed by atoms with Crippen LogP contribution < -0.4 is 9.47 Å². The van der Waals surface area contributed by atoms with Crippen molar-refractivity contribution in [3.63, 3.8) is 0 Å². The van der Waals surface area contributed by atoms with E-state index in [-0.39, 0.29) is 11.8 Å². The quantitative estimate of drug-likeness (QED) is 0.793. The molecule has 1 aliphatic heterocycles. The first-order valence-electron chi connectivity index (χ1n) is 8.89. The second-order valence-electron chi connectivity index (χ2n) is 6.20. The van der Waals surface area contributed by atoms with Crippen molar-refractivity contribution in [3.8, 4) is 11.5 Å². The van der Waals surface area contributed by atoms with Crippen molar-refractivity contribution in [1.29, 1.82) is 0 Å². The van der Waals surface area contributed by atoms with E-state index in [2.05, 4.69) is 6.92 Å². The van der Waals surface area contributed by atoms with Gasteiger partial charge in [0.2, 0.25) is 5.91 Å². The smallest absolute Gasteiger partial charge is 0.257 e. The highest BCUT2D eigenvalue weighted by atomic mass is 16.5. The number of methoxy groups -OCH3 is 2. The summed E-state index contributed by atoms with van der Waals surface area (Å²) in [5, 5.41) is 0. The summed E-state index contributed by atoms with van der Waals surface area (Å²) in [7, 11) is 3.12. The van der Waals surface area contributed by atoms with Crippen LogP contribution in [0, 0.1) is 0 Å². The highest BCUT2D eigenvalue weighted by Crippen LogP contribution is 2.26. The third-order valence-electron chi connectivity index (χ3n) is 4.52. The van der Waals surface area contributed by atoms with Crippen LogP contribution in [0.25, 0.3) is 0 Å². The number of amides is 2. The molecule has 0 spiro atoms. The highest BCUT2D eigenvalue weighted by Gasteiger charge is 2.24. The molecule has 0 atom stereocenters. The molecule has 1 fully saturated rings. The fourth-order valence-electron chi connectivity index (χ4n) is 3.00. The van der Waals surface area contributed by atoms with Gasteiger partial charge in [0.1, 0.15) is 11.5 Å². The number of benzene rings is 1. The zero-order valence-electron chi connectivity index (χ0n) is 15.4. The number of hydrogen-bond donors (Lipinski definition) is 0. The van der Waals surface area contributed by atoms with Gasteiger partial charge in [0, 0.05) is 38.7 Å². The molecule has 0 N–H and O–H groups in total. The van der Waals surface area contributed by atoms with Crippen molar-refractivity contribution in [2.75, 3.05) is 40.4 Å². The minimum Gasteiger partial charge on any atom is -0.497 e. The van der Waals surface area contributed by atoms with Gasteiger partial charge in [0.05, 0.1) is 19.8 Å². The van der Waals surface area contributed by atoms with E-state index in [1.807, 2.05) is 4.90 Å². The van der Waals surface area contributed by atoms with Crippen LogP contribution in [0.5, 0.6) is 11.5 Å². The average Bonchev–Trinajstić information content (AvgIpc) is 2.91. The zero-order chi connectivity index (χ0) is 18.2.